The third kappa shape index (κ3) is 4.03. The van der Waals surface area contributed by atoms with Crippen molar-refractivity contribution in [3.8, 4) is 0 Å². The first-order valence-corrected chi connectivity index (χ1v) is 8.60. The standard InChI is InChI=1S/C13H15F3N6O3S/c14-13(15,16)10-19-20-12(26-10)22-5-3-21(4-6-22)8(23)2-1-7-9(24)18-11(25)17-7/h7H,1-6H2,(H2,17,18,24,25)/t7-/m0/s1. The third-order valence-corrected chi connectivity index (χ3v) is 5.09. The van der Waals surface area contributed by atoms with E-state index in [1.807, 2.05) is 0 Å². The van der Waals surface area contributed by atoms with E-state index in [0.29, 0.717) is 37.5 Å². The number of carbonyl (C=O) groups is 3. The molecule has 0 radical (unpaired) electrons. The number of urea groups is 1. The molecule has 4 amide bonds. The van der Waals surface area contributed by atoms with Gasteiger partial charge in [-0.2, -0.15) is 13.2 Å². The van der Waals surface area contributed by atoms with Gasteiger partial charge in [0, 0.05) is 32.6 Å². The number of carbonyl (C=O) groups excluding carboxylic acids is 3. The van der Waals surface area contributed by atoms with Crippen molar-refractivity contribution in [3.05, 3.63) is 5.01 Å². The SMILES string of the molecule is O=C1NC(=O)[C@H](CCC(=O)N2CCN(c3nnc(C(F)(F)F)s3)CC2)N1. The molecule has 142 valence electrons. The van der Waals surface area contributed by atoms with Gasteiger partial charge >= 0.3 is 12.2 Å². The fraction of sp³-hybridized carbons (Fsp3) is 0.615. The summed E-state index contributed by atoms with van der Waals surface area (Å²) in [6.07, 6.45) is -4.23. The molecule has 1 aromatic heterocycles. The van der Waals surface area contributed by atoms with Crippen LogP contribution in [0.5, 0.6) is 0 Å². The first kappa shape index (κ1) is 18.4. The molecule has 1 aromatic rings. The molecule has 2 fully saturated rings. The van der Waals surface area contributed by atoms with Crippen LogP contribution in [-0.4, -0.2) is 65.2 Å². The molecule has 13 heteroatoms. The first-order chi connectivity index (χ1) is 12.2. The van der Waals surface area contributed by atoms with Crippen LogP contribution in [0.1, 0.15) is 17.8 Å². The third-order valence-electron chi connectivity index (χ3n) is 4.07. The van der Waals surface area contributed by atoms with Gasteiger partial charge in [-0.15, -0.1) is 10.2 Å². The van der Waals surface area contributed by atoms with E-state index in [1.54, 1.807) is 9.80 Å². The van der Waals surface area contributed by atoms with Gasteiger partial charge in [-0.25, -0.2) is 4.79 Å². The van der Waals surface area contributed by atoms with Crippen LogP contribution in [0.25, 0.3) is 0 Å². The summed E-state index contributed by atoms with van der Waals surface area (Å²) in [4.78, 5) is 37.9. The average Bonchev–Trinajstić information content (AvgIpc) is 3.19. The van der Waals surface area contributed by atoms with Gasteiger partial charge in [0.05, 0.1) is 0 Å². The maximum Gasteiger partial charge on any atom is 0.445 e. The van der Waals surface area contributed by atoms with Crippen molar-refractivity contribution in [1.29, 1.82) is 0 Å². The van der Waals surface area contributed by atoms with E-state index >= 15 is 0 Å². The number of hydrogen-bond acceptors (Lipinski definition) is 7. The van der Waals surface area contributed by atoms with E-state index in [-0.39, 0.29) is 23.9 Å². The number of piperazine rings is 1. The Bertz CT molecular complexity index is 716. The normalized spacial score (nSPS) is 21.0. The van der Waals surface area contributed by atoms with E-state index < -0.39 is 29.2 Å². The zero-order chi connectivity index (χ0) is 18.9. The number of aromatic nitrogens is 2. The molecule has 3 rings (SSSR count). The van der Waals surface area contributed by atoms with Crippen LogP contribution in [0.15, 0.2) is 0 Å². The van der Waals surface area contributed by atoms with Crippen molar-refractivity contribution in [2.75, 3.05) is 31.1 Å². The summed E-state index contributed by atoms with van der Waals surface area (Å²) < 4.78 is 37.7. The van der Waals surface area contributed by atoms with Gasteiger partial charge in [-0.3, -0.25) is 14.9 Å². The molecule has 0 unspecified atom stereocenters. The molecular weight excluding hydrogens is 377 g/mol. The number of nitrogens with one attached hydrogen (secondary N) is 2. The van der Waals surface area contributed by atoms with Gasteiger partial charge in [0.25, 0.3) is 5.91 Å². The molecule has 0 aromatic carbocycles. The highest BCUT2D eigenvalue weighted by Crippen LogP contribution is 2.34. The van der Waals surface area contributed by atoms with Crippen LogP contribution in [0, 0.1) is 0 Å². The highest BCUT2D eigenvalue weighted by Gasteiger charge is 2.37. The molecule has 0 aliphatic carbocycles. The fourth-order valence-corrected chi connectivity index (χ4v) is 3.46. The second-order valence-corrected chi connectivity index (χ2v) is 6.77. The monoisotopic (exact) mass is 392 g/mol. The Morgan fingerprint density at radius 1 is 1.19 bits per heavy atom. The fourth-order valence-electron chi connectivity index (χ4n) is 2.69. The highest BCUT2D eigenvalue weighted by molar-refractivity contribution is 7.15. The molecule has 2 aliphatic rings. The van der Waals surface area contributed by atoms with Gasteiger partial charge < -0.3 is 15.1 Å². The minimum atomic E-state index is -4.52. The number of nitrogens with zero attached hydrogens (tertiary/aromatic N) is 4. The quantitative estimate of drug-likeness (QED) is 0.709. The lowest BCUT2D eigenvalue weighted by Gasteiger charge is -2.34. The molecule has 0 spiro atoms. The minimum Gasteiger partial charge on any atom is -0.343 e. The minimum absolute atomic E-state index is 0.0927. The molecule has 2 N–H and O–H groups in total. The Labute approximate surface area is 149 Å². The highest BCUT2D eigenvalue weighted by atomic mass is 32.1. The van der Waals surface area contributed by atoms with Crippen LogP contribution in [0.4, 0.5) is 23.1 Å². The molecular formula is C13H15F3N6O3S. The number of rotatable bonds is 4. The Morgan fingerprint density at radius 3 is 2.42 bits per heavy atom. The van der Waals surface area contributed by atoms with Gasteiger partial charge in [0.15, 0.2) is 0 Å². The topological polar surface area (TPSA) is 108 Å². The number of amides is 4. The summed E-state index contributed by atoms with van der Waals surface area (Å²) in [5.41, 5.74) is 0. The summed E-state index contributed by atoms with van der Waals surface area (Å²) in [6, 6.07) is -1.29. The molecule has 3 heterocycles. The van der Waals surface area contributed by atoms with E-state index in [1.165, 1.54) is 0 Å². The Kier molecular flexibility index (Phi) is 4.98. The van der Waals surface area contributed by atoms with Crippen LogP contribution in [0.3, 0.4) is 0 Å². The van der Waals surface area contributed by atoms with Crippen molar-refractivity contribution in [2.24, 2.45) is 0 Å². The molecule has 2 aliphatic heterocycles. The molecule has 26 heavy (non-hydrogen) atoms. The van der Waals surface area contributed by atoms with Gasteiger partial charge in [0.2, 0.25) is 16.0 Å². The molecule has 0 saturated carbocycles. The van der Waals surface area contributed by atoms with Crippen molar-refractivity contribution in [2.45, 2.75) is 25.1 Å². The van der Waals surface area contributed by atoms with Crippen molar-refractivity contribution >= 4 is 34.3 Å². The summed E-state index contributed by atoms with van der Waals surface area (Å²) >= 11 is 0.474. The number of halogens is 3. The lowest BCUT2D eigenvalue weighted by Crippen LogP contribution is -2.49. The van der Waals surface area contributed by atoms with Crippen LogP contribution < -0.4 is 15.5 Å². The summed E-state index contributed by atoms with van der Waals surface area (Å²) in [5.74, 6) is -0.629. The van der Waals surface area contributed by atoms with E-state index in [4.69, 9.17) is 0 Å². The number of alkyl halides is 3. The smallest absolute Gasteiger partial charge is 0.343 e. The predicted molar refractivity (Wildman–Crippen MR) is 83.4 cm³/mol. The Morgan fingerprint density at radius 2 is 1.88 bits per heavy atom. The second-order valence-electron chi connectivity index (χ2n) is 5.81. The lowest BCUT2D eigenvalue weighted by atomic mass is 10.1. The number of anilines is 1. The molecule has 2 saturated heterocycles. The maximum absolute atomic E-state index is 12.6. The zero-order valence-corrected chi connectivity index (χ0v) is 14.2. The van der Waals surface area contributed by atoms with Crippen LogP contribution in [0.2, 0.25) is 0 Å². The second kappa shape index (κ2) is 7.05. The summed E-state index contributed by atoms with van der Waals surface area (Å²) in [7, 11) is 0. The number of hydrogen-bond donors (Lipinski definition) is 2. The summed E-state index contributed by atoms with van der Waals surface area (Å²) in [6.45, 7) is 1.36. The lowest BCUT2D eigenvalue weighted by molar-refractivity contribution is -0.138. The Balaban J connectivity index is 1.47. The molecule has 0 bridgehead atoms. The molecule has 9 nitrogen and oxygen atoms in total. The first-order valence-electron chi connectivity index (χ1n) is 7.79. The van der Waals surface area contributed by atoms with E-state index in [0.717, 1.165) is 0 Å². The van der Waals surface area contributed by atoms with Gasteiger partial charge in [-0.05, 0) is 6.42 Å². The number of imide groups is 1. The zero-order valence-electron chi connectivity index (χ0n) is 13.4. The maximum atomic E-state index is 12.6. The largest absolute Gasteiger partial charge is 0.445 e. The average molecular weight is 392 g/mol. The van der Waals surface area contributed by atoms with Crippen molar-refractivity contribution in [3.63, 3.8) is 0 Å². The van der Waals surface area contributed by atoms with Crippen LogP contribution >= 0.6 is 11.3 Å². The summed E-state index contributed by atoms with van der Waals surface area (Å²) in [5, 5.41) is 10.4. The van der Waals surface area contributed by atoms with Crippen molar-refractivity contribution in [1.82, 2.24) is 25.7 Å². The predicted octanol–water partition coefficient (Wildman–Crippen LogP) is 0.194. The van der Waals surface area contributed by atoms with Crippen LogP contribution in [-0.2, 0) is 15.8 Å². The van der Waals surface area contributed by atoms with Gasteiger partial charge in [-0.1, -0.05) is 11.3 Å². The van der Waals surface area contributed by atoms with E-state index in [2.05, 4.69) is 20.8 Å². The van der Waals surface area contributed by atoms with Crippen molar-refractivity contribution < 1.29 is 27.6 Å². The van der Waals surface area contributed by atoms with Gasteiger partial charge in [0.1, 0.15) is 6.04 Å². The van der Waals surface area contributed by atoms with E-state index in [9.17, 15) is 27.6 Å². The molecule has 1 atom stereocenters. The Hall–Kier alpha value is -2.44.